The second-order valence-corrected chi connectivity index (χ2v) is 5.25. The van der Waals surface area contributed by atoms with Crippen LogP contribution in [0.25, 0.3) is 0 Å². The first-order valence-corrected chi connectivity index (χ1v) is 6.97. The van der Waals surface area contributed by atoms with E-state index in [9.17, 15) is 33.2 Å². The zero-order valence-electron chi connectivity index (χ0n) is 12.2. The van der Waals surface area contributed by atoms with Crippen LogP contribution in [0.15, 0.2) is 36.4 Å². The molecule has 0 bridgehead atoms. The number of nitro benzene ring substituents is 1. The Morgan fingerprint density at radius 1 is 1.20 bits per heavy atom. The molecule has 2 aromatic rings. The summed E-state index contributed by atoms with van der Waals surface area (Å²) in [7, 11) is 0. The topological polar surface area (TPSA) is 92.5 Å². The van der Waals surface area contributed by atoms with Crippen molar-refractivity contribution in [3.05, 3.63) is 62.7 Å². The molecule has 0 aliphatic heterocycles. The number of halogens is 4. The van der Waals surface area contributed by atoms with Crippen molar-refractivity contribution >= 4 is 23.3 Å². The molecule has 0 N–H and O–H groups in total. The molecule has 0 aromatic heterocycles. The molecule has 25 heavy (non-hydrogen) atoms. The van der Waals surface area contributed by atoms with Gasteiger partial charge in [-0.1, -0.05) is 11.6 Å². The third-order valence-electron chi connectivity index (χ3n) is 3.07. The average Bonchev–Trinajstić information content (AvgIpc) is 2.47. The Bertz CT molecular complexity index is 838. The van der Waals surface area contributed by atoms with E-state index in [1.807, 2.05) is 0 Å². The van der Waals surface area contributed by atoms with Crippen LogP contribution >= 0.6 is 11.6 Å². The molecule has 10 heteroatoms. The number of alkyl halides is 3. The molecule has 0 radical (unpaired) electrons. The van der Waals surface area contributed by atoms with E-state index < -0.39 is 34.7 Å². The fraction of sp³-hybridized carbons (Fsp3) is 0.133. The van der Waals surface area contributed by atoms with Crippen molar-refractivity contribution in [2.45, 2.75) is 12.6 Å². The molecule has 6 nitrogen and oxygen atoms in total. The number of aliphatic carboxylic acids is 1. The number of rotatable bonds is 5. The lowest BCUT2D eigenvalue weighted by atomic mass is 10.1. The first kappa shape index (κ1) is 18.5. The van der Waals surface area contributed by atoms with Crippen LogP contribution < -0.4 is 9.84 Å². The minimum Gasteiger partial charge on any atom is -0.550 e. The summed E-state index contributed by atoms with van der Waals surface area (Å²) in [5, 5.41) is 21.3. The van der Waals surface area contributed by atoms with E-state index in [0.29, 0.717) is 6.07 Å². The Morgan fingerprint density at radius 2 is 1.88 bits per heavy atom. The van der Waals surface area contributed by atoms with E-state index in [0.717, 1.165) is 24.3 Å². The maximum Gasteiger partial charge on any atom is 0.416 e. The lowest BCUT2D eigenvalue weighted by Crippen LogP contribution is -2.24. The summed E-state index contributed by atoms with van der Waals surface area (Å²) in [4.78, 5) is 20.8. The van der Waals surface area contributed by atoms with Gasteiger partial charge in [0.25, 0.3) is 5.69 Å². The van der Waals surface area contributed by atoms with Crippen LogP contribution in [0.3, 0.4) is 0 Å². The molecule has 2 aromatic carbocycles. The van der Waals surface area contributed by atoms with Crippen molar-refractivity contribution in [1.82, 2.24) is 0 Å². The van der Waals surface area contributed by atoms with Crippen molar-refractivity contribution in [1.29, 1.82) is 0 Å². The minimum atomic E-state index is -4.57. The van der Waals surface area contributed by atoms with Crippen LogP contribution in [-0.4, -0.2) is 10.9 Å². The quantitative estimate of drug-likeness (QED) is 0.591. The zero-order valence-corrected chi connectivity index (χ0v) is 12.9. The van der Waals surface area contributed by atoms with Crippen LogP contribution in [0.4, 0.5) is 18.9 Å². The van der Waals surface area contributed by atoms with Crippen LogP contribution in [0.2, 0.25) is 5.02 Å². The number of carbonyl (C=O) groups is 1. The predicted octanol–water partition coefficient (Wildman–Crippen LogP) is 3.35. The highest BCUT2D eigenvalue weighted by Gasteiger charge is 2.31. The van der Waals surface area contributed by atoms with E-state index in [2.05, 4.69) is 0 Å². The number of carboxylic acids is 1. The smallest absolute Gasteiger partial charge is 0.416 e. The van der Waals surface area contributed by atoms with Crippen LogP contribution in [-0.2, 0) is 17.4 Å². The van der Waals surface area contributed by atoms with Gasteiger partial charge in [-0.25, -0.2) is 0 Å². The van der Waals surface area contributed by atoms with Gasteiger partial charge in [0, 0.05) is 24.0 Å². The zero-order chi connectivity index (χ0) is 18.8. The number of hydrogen-bond donors (Lipinski definition) is 0. The Morgan fingerprint density at radius 3 is 2.40 bits per heavy atom. The van der Waals surface area contributed by atoms with E-state index in [1.165, 1.54) is 6.07 Å². The van der Waals surface area contributed by atoms with Gasteiger partial charge in [0.05, 0.1) is 15.5 Å². The predicted molar refractivity (Wildman–Crippen MR) is 78.3 cm³/mol. The number of carboxylic acid groups (broad SMARTS) is 1. The summed E-state index contributed by atoms with van der Waals surface area (Å²) in [6.07, 6.45) is -5.30. The van der Waals surface area contributed by atoms with Gasteiger partial charge in [0.15, 0.2) is 0 Å². The molecule has 0 spiro atoms. The molecule has 0 amide bonds. The summed E-state index contributed by atoms with van der Waals surface area (Å²) >= 11 is 5.75. The highest BCUT2D eigenvalue weighted by atomic mass is 35.5. The molecule has 0 aliphatic rings. The maximum absolute atomic E-state index is 12.6. The highest BCUT2D eigenvalue weighted by molar-refractivity contribution is 6.32. The van der Waals surface area contributed by atoms with Crippen LogP contribution in [0, 0.1) is 10.1 Å². The lowest BCUT2D eigenvalue weighted by Gasteiger charge is -2.12. The summed E-state index contributed by atoms with van der Waals surface area (Å²) in [5.74, 6) is -1.68. The van der Waals surface area contributed by atoms with Gasteiger partial charge in [0.1, 0.15) is 11.5 Å². The molecule has 0 atom stereocenters. The summed E-state index contributed by atoms with van der Waals surface area (Å²) in [6.45, 7) is 0. The van der Waals surface area contributed by atoms with Crippen molar-refractivity contribution < 1.29 is 32.7 Å². The molecular weight excluding hydrogens is 367 g/mol. The van der Waals surface area contributed by atoms with Gasteiger partial charge in [-0.05, 0) is 30.3 Å². The summed E-state index contributed by atoms with van der Waals surface area (Å²) in [6, 6.07) is 5.70. The Balaban J connectivity index is 2.34. The molecule has 0 fully saturated rings. The number of carbonyl (C=O) groups excluding carboxylic acids is 1. The molecule has 0 unspecified atom stereocenters. The third-order valence-corrected chi connectivity index (χ3v) is 3.36. The van der Waals surface area contributed by atoms with E-state index in [4.69, 9.17) is 16.3 Å². The van der Waals surface area contributed by atoms with Gasteiger partial charge in [-0.2, -0.15) is 13.2 Å². The van der Waals surface area contributed by atoms with Gasteiger partial charge in [-0.15, -0.1) is 0 Å². The van der Waals surface area contributed by atoms with Crippen LogP contribution in [0.1, 0.15) is 11.1 Å². The Hall–Kier alpha value is -2.81. The highest BCUT2D eigenvalue weighted by Crippen LogP contribution is 2.37. The average molecular weight is 375 g/mol. The molecule has 0 saturated heterocycles. The maximum atomic E-state index is 12.6. The first-order valence-electron chi connectivity index (χ1n) is 6.59. The molecule has 0 saturated carbocycles. The molecule has 0 heterocycles. The van der Waals surface area contributed by atoms with E-state index in [-0.39, 0.29) is 22.1 Å². The Kier molecular flexibility index (Phi) is 5.17. The monoisotopic (exact) mass is 374 g/mol. The van der Waals surface area contributed by atoms with Crippen LogP contribution in [0.5, 0.6) is 11.5 Å². The minimum absolute atomic E-state index is 0.0245. The molecule has 132 valence electrons. The standard InChI is InChI=1S/C15H9ClF3NO5/c16-11-7-9(15(17,18)19)1-4-13(11)25-10-2-3-12(20(23)24)8(5-10)6-14(21)22/h1-5,7H,6H2,(H,21,22)/p-1. The summed E-state index contributed by atoms with van der Waals surface area (Å²) in [5.41, 5.74) is -1.59. The number of benzene rings is 2. The second-order valence-electron chi connectivity index (χ2n) is 4.84. The SMILES string of the molecule is O=C([O-])Cc1cc(Oc2ccc(C(F)(F)F)cc2Cl)ccc1[N+](=O)[O-]. The molecular formula is C15H8ClF3NO5-. The van der Waals surface area contributed by atoms with Crippen molar-refractivity contribution in [3.63, 3.8) is 0 Å². The molecule has 0 aliphatic carbocycles. The number of ether oxygens (including phenoxy) is 1. The first-order chi connectivity index (χ1) is 11.6. The summed E-state index contributed by atoms with van der Waals surface area (Å²) < 4.78 is 43.1. The van der Waals surface area contributed by atoms with Gasteiger partial charge in [-0.3, -0.25) is 10.1 Å². The third kappa shape index (κ3) is 4.60. The number of nitrogens with zero attached hydrogens (tertiary/aromatic N) is 1. The second kappa shape index (κ2) is 6.98. The van der Waals surface area contributed by atoms with Gasteiger partial charge in [0.2, 0.25) is 0 Å². The fourth-order valence-electron chi connectivity index (χ4n) is 1.99. The normalized spacial score (nSPS) is 11.2. The number of nitro groups is 1. The number of hydrogen-bond acceptors (Lipinski definition) is 5. The van der Waals surface area contributed by atoms with E-state index in [1.54, 1.807) is 0 Å². The Labute approximate surface area is 143 Å². The van der Waals surface area contributed by atoms with Crippen molar-refractivity contribution in [3.8, 4) is 11.5 Å². The molecule has 2 rings (SSSR count). The van der Waals surface area contributed by atoms with Gasteiger partial charge >= 0.3 is 6.18 Å². The van der Waals surface area contributed by atoms with Crippen molar-refractivity contribution in [2.75, 3.05) is 0 Å². The lowest BCUT2D eigenvalue weighted by molar-refractivity contribution is -0.385. The van der Waals surface area contributed by atoms with E-state index >= 15 is 0 Å². The van der Waals surface area contributed by atoms with Crippen molar-refractivity contribution in [2.24, 2.45) is 0 Å². The largest absolute Gasteiger partial charge is 0.550 e. The fourth-order valence-corrected chi connectivity index (χ4v) is 2.21. The van der Waals surface area contributed by atoms with Gasteiger partial charge < -0.3 is 14.6 Å².